The van der Waals surface area contributed by atoms with Crippen LogP contribution < -0.4 is 0 Å². The van der Waals surface area contributed by atoms with Gasteiger partial charge in [0.1, 0.15) is 5.78 Å². The van der Waals surface area contributed by atoms with E-state index in [4.69, 9.17) is 4.74 Å². The fraction of sp³-hybridized carbons (Fsp3) is 0.586. The summed E-state index contributed by atoms with van der Waals surface area (Å²) in [5.41, 5.74) is 0.479. The van der Waals surface area contributed by atoms with Crippen molar-refractivity contribution in [3.63, 3.8) is 0 Å². The molecule has 1 fully saturated rings. The summed E-state index contributed by atoms with van der Waals surface area (Å²) >= 11 is 0. The second-order valence-electron chi connectivity index (χ2n) is 10.2. The number of hydrogen-bond donors (Lipinski definition) is 1. The minimum atomic E-state index is -3.39. The van der Waals surface area contributed by atoms with Crippen LogP contribution in [0.4, 0.5) is 8.78 Å². The van der Waals surface area contributed by atoms with Crippen molar-refractivity contribution in [2.24, 2.45) is 17.8 Å². The smallest absolute Gasteiger partial charge is 0.306 e. The summed E-state index contributed by atoms with van der Waals surface area (Å²) in [6.07, 6.45) is 3.63. The van der Waals surface area contributed by atoms with Crippen LogP contribution in [0.3, 0.4) is 0 Å². The highest BCUT2D eigenvalue weighted by Gasteiger charge is 2.43. The van der Waals surface area contributed by atoms with Crippen LogP contribution in [0, 0.1) is 17.8 Å². The molecule has 0 radical (unpaired) electrons. The van der Waals surface area contributed by atoms with E-state index in [0.717, 1.165) is 0 Å². The molecule has 0 spiro atoms. The van der Waals surface area contributed by atoms with E-state index in [0.29, 0.717) is 24.8 Å². The summed E-state index contributed by atoms with van der Waals surface area (Å²) in [6.45, 7) is 3.33. The summed E-state index contributed by atoms with van der Waals surface area (Å²) in [5.74, 6) is -6.37. The Balaban J connectivity index is 1.71. The van der Waals surface area contributed by atoms with Gasteiger partial charge in [-0.05, 0) is 43.9 Å². The van der Waals surface area contributed by atoms with Crippen molar-refractivity contribution >= 4 is 23.3 Å². The zero-order valence-corrected chi connectivity index (χ0v) is 21.7. The maximum atomic E-state index is 14.1. The van der Waals surface area contributed by atoms with Crippen molar-refractivity contribution in [2.45, 2.75) is 83.7 Å². The van der Waals surface area contributed by atoms with Crippen molar-refractivity contribution in [1.29, 1.82) is 0 Å². The number of unbranched alkanes of at least 4 members (excludes halogenated alkanes) is 1. The Bertz CT molecular complexity index is 941. The molecule has 2 rings (SSSR count). The van der Waals surface area contributed by atoms with Gasteiger partial charge in [0.2, 0.25) is 5.78 Å². The van der Waals surface area contributed by atoms with Gasteiger partial charge < -0.3 is 9.84 Å². The van der Waals surface area contributed by atoms with Gasteiger partial charge in [-0.3, -0.25) is 19.2 Å². The van der Waals surface area contributed by atoms with Gasteiger partial charge >= 0.3 is 11.9 Å². The SMILES string of the molecule is CC(C)CCC(F)(F)C(=O)CC[C@H]1[C@H](O)CC(=O)[C@@H]1C/C=C\CCCC(=O)OCC(=O)c1ccccc1. The van der Waals surface area contributed by atoms with Crippen LogP contribution in [-0.4, -0.2) is 47.1 Å². The predicted molar refractivity (Wildman–Crippen MR) is 135 cm³/mol. The minimum Gasteiger partial charge on any atom is -0.457 e. The summed E-state index contributed by atoms with van der Waals surface area (Å²) in [7, 11) is 0. The van der Waals surface area contributed by atoms with Gasteiger partial charge in [0.15, 0.2) is 12.4 Å². The standard InChI is InChI=1S/C29H38F2O6/c1-20(2)16-17-29(30,31)27(35)15-14-23-22(24(32)18-25(23)33)12-8-3-4-9-13-28(36)37-19-26(34)21-10-6-5-7-11-21/h3,5-8,10-11,20,22-23,25,33H,4,9,12-19H2,1-2H3/b8-3-/t22-,23-,25-/m1/s1. The van der Waals surface area contributed by atoms with Crippen LogP contribution in [0.2, 0.25) is 0 Å². The fourth-order valence-electron chi connectivity index (χ4n) is 4.46. The molecule has 1 aromatic carbocycles. The molecule has 0 heterocycles. The Kier molecular flexibility index (Phi) is 12.2. The van der Waals surface area contributed by atoms with Crippen LogP contribution in [-0.2, 0) is 19.1 Å². The Morgan fingerprint density at radius 1 is 1.14 bits per heavy atom. The molecular weight excluding hydrogens is 482 g/mol. The summed E-state index contributed by atoms with van der Waals surface area (Å²) in [5, 5.41) is 10.3. The van der Waals surface area contributed by atoms with E-state index in [2.05, 4.69) is 0 Å². The van der Waals surface area contributed by atoms with E-state index in [9.17, 15) is 33.1 Å². The lowest BCUT2D eigenvalue weighted by atomic mass is 9.86. The highest BCUT2D eigenvalue weighted by atomic mass is 19.3. The molecule has 0 aromatic heterocycles. The third-order valence-electron chi connectivity index (χ3n) is 6.75. The zero-order chi connectivity index (χ0) is 27.4. The highest BCUT2D eigenvalue weighted by Crippen LogP contribution is 2.36. The van der Waals surface area contributed by atoms with Gasteiger partial charge in [-0.2, -0.15) is 8.78 Å². The molecule has 1 aromatic rings. The quantitative estimate of drug-likeness (QED) is 0.133. The van der Waals surface area contributed by atoms with E-state index in [-0.39, 0.29) is 56.2 Å². The molecule has 37 heavy (non-hydrogen) atoms. The number of carbonyl (C=O) groups excluding carboxylic acids is 4. The lowest BCUT2D eigenvalue weighted by Gasteiger charge is -2.21. The first-order valence-corrected chi connectivity index (χ1v) is 13.0. The first-order valence-electron chi connectivity index (χ1n) is 13.0. The largest absolute Gasteiger partial charge is 0.457 e. The Labute approximate surface area is 217 Å². The van der Waals surface area contributed by atoms with E-state index in [1.165, 1.54) is 0 Å². The number of Topliss-reactive ketones (excluding diaryl/α,β-unsaturated/α-hetero) is 3. The Hall–Kier alpha value is -2.74. The number of ether oxygens (including phenoxy) is 1. The molecule has 0 aliphatic heterocycles. The highest BCUT2D eigenvalue weighted by molar-refractivity contribution is 5.97. The van der Waals surface area contributed by atoms with E-state index in [1.54, 1.807) is 36.4 Å². The molecule has 204 valence electrons. The van der Waals surface area contributed by atoms with Gasteiger partial charge in [-0.25, -0.2) is 0 Å². The van der Waals surface area contributed by atoms with Gasteiger partial charge in [-0.15, -0.1) is 0 Å². The molecule has 6 nitrogen and oxygen atoms in total. The average Bonchev–Trinajstić information content (AvgIpc) is 3.13. The van der Waals surface area contributed by atoms with Crippen molar-refractivity contribution in [3.05, 3.63) is 48.0 Å². The first kappa shape index (κ1) is 30.5. The van der Waals surface area contributed by atoms with Crippen molar-refractivity contribution in [3.8, 4) is 0 Å². The number of aliphatic hydroxyl groups is 1. The number of ketones is 3. The van der Waals surface area contributed by atoms with Gasteiger partial charge in [0.25, 0.3) is 0 Å². The molecule has 1 aliphatic carbocycles. The molecular formula is C29H38F2O6. The number of aliphatic hydroxyl groups excluding tert-OH is 1. The number of benzene rings is 1. The van der Waals surface area contributed by atoms with Gasteiger partial charge in [-0.1, -0.05) is 56.3 Å². The summed E-state index contributed by atoms with van der Waals surface area (Å²) in [4.78, 5) is 48.2. The van der Waals surface area contributed by atoms with Crippen LogP contribution >= 0.6 is 0 Å². The molecule has 0 amide bonds. The minimum absolute atomic E-state index is 0.0331. The molecule has 0 saturated heterocycles. The summed E-state index contributed by atoms with van der Waals surface area (Å²) < 4.78 is 33.3. The molecule has 1 saturated carbocycles. The van der Waals surface area contributed by atoms with Crippen LogP contribution in [0.1, 0.15) is 82.0 Å². The van der Waals surface area contributed by atoms with E-state index in [1.807, 2.05) is 19.9 Å². The zero-order valence-electron chi connectivity index (χ0n) is 21.7. The number of alkyl halides is 2. The van der Waals surface area contributed by atoms with E-state index >= 15 is 0 Å². The van der Waals surface area contributed by atoms with Gasteiger partial charge in [0.05, 0.1) is 6.10 Å². The third-order valence-corrected chi connectivity index (χ3v) is 6.75. The van der Waals surface area contributed by atoms with Crippen LogP contribution in [0.15, 0.2) is 42.5 Å². The second-order valence-corrected chi connectivity index (χ2v) is 10.2. The topological polar surface area (TPSA) is 97.7 Å². The van der Waals surface area contributed by atoms with Gasteiger partial charge in [0, 0.05) is 37.2 Å². The summed E-state index contributed by atoms with van der Waals surface area (Å²) in [6, 6.07) is 8.56. The third kappa shape index (κ3) is 10.3. The monoisotopic (exact) mass is 520 g/mol. The first-order chi connectivity index (χ1) is 17.5. The lowest BCUT2D eigenvalue weighted by molar-refractivity contribution is -0.145. The number of esters is 1. The molecule has 8 heteroatoms. The molecule has 0 bridgehead atoms. The molecule has 0 unspecified atom stereocenters. The number of halogens is 2. The van der Waals surface area contributed by atoms with Crippen molar-refractivity contribution in [2.75, 3.05) is 6.61 Å². The Morgan fingerprint density at radius 2 is 1.84 bits per heavy atom. The van der Waals surface area contributed by atoms with Crippen LogP contribution in [0.25, 0.3) is 0 Å². The number of allylic oxidation sites excluding steroid dienone is 2. The maximum absolute atomic E-state index is 14.1. The normalized spacial score (nSPS) is 20.1. The van der Waals surface area contributed by atoms with E-state index < -0.39 is 42.0 Å². The average molecular weight is 521 g/mol. The van der Waals surface area contributed by atoms with Crippen molar-refractivity contribution < 1.29 is 37.8 Å². The Morgan fingerprint density at radius 3 is 2.51 bits per heavy atom. The fourth-order valence-corrected chi connectivity index (χ4v) is 4.46. The lowest BCUT2D eigenvalue weighted by Crippen LogP contribution is -2.30. The van der Waals surface area contributed by atoms with Crippen molar-refractivity contribution in [1.82, 2.24) is 0 Å². The number of rotatable bonds is 16. The van der Waals surface area contributed by atoms with Crippen LogP contribution in [0.5, 0.6) is 0 Å². The number of carbonyl (C=O) groups is 4. The number of hydrogen-bond acceptors (Lipinski definition) is 6. The molecule has 3 atom stereocenters. The molecule has 1 N–H and O–H groups in total. The predicted octanol–water partition coefficient (Wildman–Crippen LogP) is 5.52. The maximum Gasteiger partial charge on any atom is 0.306 e. The second kappa shape index (κ2) is 14.9. The molecule has 1 aliphatic rings.